The van der Waals surface area contributed by atoms with Crippen molar-refractivity contribution in [3.05, 3.63) is 27.4 Å². The molecule has 0 saturated heterocycles. The predicted molar refractivity (Wildman–Crippen MR) is 61.7 cm³/mol. The van der Waals surface area contributed by atoms with Gasteiger partial charge in [-0.1, -0.05) is 6.42 Å². The lowest BCUT2D eigenvalue weighted by atomic mass is 10.1. The van der Waals surface area contributed by atoms with Crippen LogP contribution in [-0.4, -0.2) is 23.7 Å². The molecule has 4 heteroatoms. The highest BCUT2D eigenvalue weighted by Gasteiger charge is 2.13. The lowest BCUT2D eigenvalue weighted by Crippen LogP contribution is -2.20. The fourth-order valence-corrected chi connectivity index (χ4v) is 2.15. The van der Waals surface area contributed by atoms with Crippen molar-refractivity contribution in [2.45, 2.75) is 38.5 Å². The molecule has 0 aromatic carbocycles. The number of hydrogen-bond acceptors (Lipinski definition) is 3. The van der Waals surface area contributed by atoms with Gasteiger partial charge in [0, 0.05) is 19.1 Å². The Bertz CT molecular complexity index is 412. The van der Waals surface area contributed by atoms with Crippen LogP contribution in [0, 0.1) is 0 Å². The smallest absolute Gasteiger partial charge is 0.254 e. The molecule has 0 amide bonds. The van der Waals surface area contributed by atoms with Crippen LogP contribution in [0.3, 0.4) is 0 Å². The van der Waals surface area contributed by atoms with Crippen LogP contribution in [0.15, 0.2) is 4.79 Å². The van der Waals surface area contributed by atoms with Crippen LogP contribution in [0.25, 0.3) is 0 Å². The predicted octanol–water partition coefficient (Wildman–Crippen LogP) is 1.23. The van der Waals surface area contributed by atoms with Crippen molar-refractivity contribution in [3.63, 3.8) is 0 Å². The zero-order valence-electron chi connectivity index (χ0n) is 9.71. The number of aromatic amines is 1. The van der Waals surface area contributed by atoms with Gasteiger partial charge in [-0.25, -0.2) is 4.98 Å². The Labute approximate surface area is 95.1 Å². The highest BCUT2D eigenvalue weighted by atomic mass is 16.5. The molecule has 0 atom stereocenters. The second-order valence-corrected chi connectivity index (χ2v) is 4.24. The van der Waals surface area contributed by atoms with E-state index in [0.29, 0.717) is 13.0 Å². The zero-order valence-corrected chi connectivity index (χ0v) is 9.71. The van der Waals surface area contributed by atoms with Crippen LogP contribution in [0.5, 0.6) is 0 Å². The minimum atomic E-state index is 0.0537. The summed E-state index contributed by atoms with van der Waals surface area (Å²) in [6.07, 6.45) is 5.95. The lowest BCUT2D eigenvalue weighted by molar-refractivity contribution is 0.200. The summed E-state index contributed by atoms with van der Waals surface area (Å²) in [5.41, 5.74) is 1.96. The van der Waals surface area contributed by atoms with E-state index in [-0.39, 0.29) is 5.56 Å². The molecule has 0 unspecified atom stereocenters. The Morgan fingerprint density at radius 1 is 1.31 bits per heavy atom. The number of nitrogens with one attached hydrogen (secondary N) is 1. The summed E-state index contributed by atoms with van der Waals surface area (Å²) in [5, 5.41) is 0. The maximum atomic E-state index is 11.9. The molecule has 88 valence electrons. The Morgan fingerprint density at radius 3 is 2.94 bits per heavy atom. The first-order valence-electron chi connectivity index (χ1n) is 5.91. The van der Waals surface area contributed by atoms with E-state index in [2.05, 4.69) is 9.97 Å². The Hall–Kier alpha value is -1.16. The number of methoxy groups -OCH3 is 1. The Morgan fingerprint density at radius 2 is 2.12 bits per heavy atom. The largest absolute Gasteiger partial charge is 0.384 e. The molecule has 0 fully saturated rings. The van der Waals surface area contributed by atoms with Gasteiger partial charge in [-0.15, -0.1) is 0 Å². The lowest BCUT2D eigenvalue weighted by Gasteiger charge is -2.06. The SMILES string of the molecule is COCCc1nc2c(c(=O)[nH]1)CCCCC2. The minimum absolute atomic E-state index is 0.0537. The molecule has 1 N–H and O–H groups in total. The van der Waals surface area contributed by atoms with E-state index < -0.39 is 0 Å². The third-order valence-electron chi connectivity index (χ3n) is 3.03. The highest BCUT2D eigenvalue weighted by Crippen LogP contribution is 2.15. The fraction of sp³-hybridized carbons (Fsp3) is 0.667. The average molecular weight is 222 g/mol. The van der Waals surface area contributed by atoms with Crippen molar-refractivity contribution in [1.82, 2.24) is 9.97 Å². The summed E-state index contributed by atoms with van der Waals surface area (Å²) in [5.74, 6) is 0.757. The summed E-state index contributed by atoms with van der Waals surface area (Å²) in [4.78, 5) is 19.3. The number of ether oxygens (including phenoxy) is 1. The molecule has 0 saturated carbocycles. The molecule has 1 aliphatic carbocycles. The number of hydrogen-bond donors (Lipinski definition) is 1. The molecule has 1 aromatic heterocycles. The van der Waals surface area contributed by atoms with Gasteiger partial charge >= 0.3 is 0 Å². The first kappa shape index (κ1) is 11.3. The number of aromatic nitrogens is 2. The maximum absolute atomic E-state index is 11.9. The van der Waals surface area contributed by atoms with Gasteiger partial charge in [0.1, 0.15) is 5.82 Å². The first-order valence-corrected chi connectivity index (χ1v) is 5.91. The minimum Gasteiger partial charge on any atom is -0.384 e. The van der Waals surface area contributed by atoms with Gasteiger partial charge in [0.25, 0.3) is 5.56 Å². The van der Waals surface area contributed by atoms with E-state index in [4.69, 9.17) is 4.74 Å². The molecule has 0 bridgehead atoms. The number of fused-ring (bicyclic) bond motifs is 1. The van der Waals surface area contributed by atoms with E-state index >= 15 is 0 Å². The molecule has 0 aliphatic heterocycles. The van der Waals surface area contributed by atoms with E-state index in [0.717, 1.165) is 42.8 Å². The topological polar surface area (TPSA) is 55.0 Å². The van der Waals surface area contributed by atoms with Crippen LogP contribution in [0.1, 0.15) is 36.3 Å². The normalized spacial score (nSPS) is 15.6. The van der Waals surface area contributed by atoms with Crippen molar-refractivity contribution in [2.24, 2.45) is 0 Å². The van der Waals surface area contributed by atoms with Crippen molar-refractivity contribution in [2.75, 3.05) is 13.7 Å². The van der Waals surface area contributed by atoms with E-state index in [9.17, 15) is 4.79 Å². The zero-order chi connectivity index (χ0) is 11.4. The summed E-state index contributed by atoms with van der Waals surface area (Å²) in [7, 11) is 1.65. The van der Waals surface area contributed by atoms with Crippen LogP contribution in [-0.2, 0) is 24.0 Å². The molecular formula is C12H18N2O2. The summed E-state index contributed by atoms with van der Waals surface area (Å²) in [6.45, 7) is 0.599. The van der Waals surface area contributed by atoms with Crippen molar-refractivity contribution in [1.29, 1.82) is 0 Å². The summed E-state index contributed by atoms with van der Waals surface area (Å²) < 4.78 is 4.99. The molecule has 0 radical (unpaired) electrons. The Kier molecular flexibility index (Phi) is 3.72. The molecule has 0 spiro atoms. The fourth-order valence-electron chi connectivity index (χ4n) is 2.15. The van der Waals surface area contributed by atoms with E-state index in [1.807, 2.05) is 0 Å². The van der Waals surface area contributed by atoms with Gasteiger partial charge in [0.05, 0.1) is 12.3 Å². The molecule has 4 nitrogen and oxygen atoms in total. The van der Waals surface area contributed by atoms with Crippen LogP contribution in [0.4, 0.5) is 0 Å². The first-order chi connectivity index (χ1) is 7.81. The van der Waals surface area contributed by atoms with Crippen LogP contribution < -0.4 is 5.56 Å². The number of aryl methyl sites for hydroxylation is 1. The van der Waals surface area contributed by atoms with Gasteiger partial charge < -0.3 is 9.72 Å². The second kappa shape index (κ2) is 5.25. The van der Waals surface area contributed by atoms with Crippen molar-refractivity contribution >= 4 is 0 Å². The second-order valence-electron chi connectivity index (χ2n) is 4.24. The average Bonchev–Trinajstić information content (AvgIpc) is 2.51. The van der Waals surface area contributed by atoms with E-state index in [1.54, 1.807) is 7.11 Å². The molecule has 1 aromatic rings. The molecule has 1 heterocycles. The van der Waals surface area contributed by atoms with Crippen molar-refractivity contribution < 1.29 is 4.74 Å². The number of rotatable bonds is 3. The van der Waals surface area contributed by atoms with Gasteiger partial charge in [-0.2, -0.15) is 0 Å². The molecular weight excluding hydrogens is 204 g/mol. The van der Waals surface area contributed by atoms with Gasteiger partial charge in [-0.3, -0.25) is 4.79 Å². The van der Waals surface area contributed by atoms with Gasteiger partial charge in [0.2, 0.25) is 0 Å². The quantitative estimate of drug-likeness (QED) is 0.782. The number of H-pyrrole nitrogens is 1. The number of nitrogens with zero attached hydrogens (tertiary/aromatic N) is 1. The standard InChI is InChI=1S/C12H18N2O2/c1-16-8-7-11-13-10-6-4-2-3-5-9(10)12(15)14-11/h2-8H2,1H3,(H,13,14,15). The monoisotopic (exact) mass is 222 g/mol. The molecule has 16 heavy (non-hydrogen) atoms. The van der Waals surface area contributed by atoms with Crippen LogP contribution in [0.2, 0.25) is 0 Å². The third kappa shape index (κ3) is 2.50. The summed E-state index contributed by atoms with van der Waals surface area (Å²) in [6, 6.07) is 0. The van der Waals surface area contributed by atoms with Crippen molar-refractivity contribution in [3.8, 4) is 0 Å². The molecule has 2 rings (SSSR count). The van der Waals surface area contributed by atoms with Crippen LogP contribution >= 0.6 is 0 Å². The Balaban J connectivity index is 2.28. The third-order valence-corrected chi connectivity index (χ3v) is 3.03. The maximum Gasteiger partial charge on any atom is 0.254 e. The van der Waals surface area contributed by atoms with Gasteiger partial charge in [0.15, 0.2) is 0 Å². The molecule has 1 aliphatic rings. The highest BCUT2D eigenvalue weighted by molar-refractivity contribution is 5.19. The van der Waals surface area contributed by atoms with E-state index in [1.165, 1.54) is 6.42 Å². The summed E-state index contributed by atoms with van der Waals surface area (Å²) >= 11 is 0. The van der Waals surface area contributed by atoms with Gasteiger partial charge in [-0.05, 0) is 25.7 Å².